The van der Waals surface area contributed by atoms with Crippen LogP contribution in [0, 0.1) is 0 Å². The zero-order valence-electron chi connectivity index (χ0n) is 13.2. The van der Waals surface area contributed by atoms with Crippen molar-refractivity contribution in [3.05, 3.63) is 60.2 Å². The van der Waals surface area contributed by atoms with E-state index in [1.165, 1.54) is 5.56 Å². The topological polar surface area (TPSA) is 59.6 Å². The number of hydrogen-bond acceptors (Lipinski definition) is 3. The van der Waals surface area contributed by atoms with Crippen LogP contribution in [0.1, 0.15) is 5.56 Å². The molecular weight excluding hydrogens is 292 g/mol. The van der Waals surface area contributed by atoms with E-state index >= 15 is 0 Å². The highest BCUT2D eigenvalue weighted by Crippen LogP contribution is 2.16. The molecule has 0 aliphatic rings. The van der Waals surface area contributed by atoms with Gasteiger partial charge in [-0.05, 0) is 36.2 Å². The van der Waals surface area contributed by atoms with Gasteiger partial charge in [-0.25, -0.2) is 4.79 Å². The molecule has 0 bridgehead atoms. The van der Waals surface area contributed by atoms with E-state index < -0.39 is 0 Å². The fourth-order valence-electron chi connectivity index (χ4n) is 2.03. The van der Waals surface area contributed by atoms with E-state index in [1.807, 2.05) is 54.6 Å². The minimum Gasteiger partial charge on any atom is -0.497 e. The Morgan fingerprint density at radius 1 is 0.913 bits per heavy atom. The van der Waals surface area contributed by atoms with Gasteiger partial charge in [-0.2, -0.15) is 0 Å². The molecule has 0 heterocycles. The van der Waals surface area contributed by atoms with Crippen molar-refractivity contribution in [1.29, 1.82) is 0 Å². The fraction of sp³-hybridized carbons (Fsp3) is 0.278. The lowest BCUT2D eigenvalue weighted by Crippen LogP contribution is -2.38. The van der Waals surface area contributed by atoms with Crippen LogP contribution in [0.25, 0.3) is 0 Å². The first-order valence-electron chi connectivity index (χ1n) is 7.60. The second-order valence-electron chi connectivity index (χ2n) is 4.94. The number of carbonyl (C=O) groups is 1. The van der Waals surface area contributed by atoms with Crippen LogP contribution >= 0.6 is 0 Å². The molecule has 0 aromatic heterocycles. The number of ether oxygens (including phenoxy) is 2. The Balaban J connectivity index is 1.55. The molecule has 5 heteroatoms. The van der Waals surface area contributed by atoms with Crippen molar-refractivity contribution in [3.63, 3.8) is 0 Å². The third kappa shape index (κ3) is 6.30. The average Bonchev–Trinajstić information content (AvgIpc) is 2.60. The van der Waals surface area contributed by atoms with Crippen molar-refractivity contribution in [1.82, 2.24) is 10.6 Å². The molecule has 23 heavy (non-hydrogen) atoms. The Morgan fingerprint density at radius 3 is 2.26 bits per heavy atom. The largest absolute Gasteiger partial charge is 0.497 e. The van der Waals surface area contributed by atoms with Crippen LogP contribution in [-0.4, -0.2) is 32.8 Å². The van der Waals surface area contributed by atoms with Gasteiger partial charge >= 0.3 is 6.03 Å². The summed E-state index contributed by atoms with van der Waals surface area (Å²) < 4.78 is 10.6. The second-order valence-corrected chi connectivity index (χ2v) is 4.94. The minimum atomic E-state index is -0.181. The number of carbonyl (C=O) groups excluding carboxylic acids is 1. The molecular formula is C18H22N2O3. The smallest absolute Gasteiger partial charge is 0.314 e. The molecule has 0 saturated carbocycles. The number of urea groups is 1. The van der Waals surface area contributed by atoms with E-state index in [0.29, 0.717) is 19.7 Å². The summed E-state index contributed by atoms with van der Waals surface area (Å²) in [5.74, 6) is 1.53. The van der Waals surface area contributed by atoms with Gasteiger partial charge in [0.15, 0.2) is 0 Å². The highest BCUT2D eigenvalue weighted by Gasteiger charge is 2.00. The summed E-state index contributed by atoms with van der Waals surface area (Å²) in [6.45, 7) is 1.47. The van der Waals surface area contributed by atoms with Crippen LogP contribution in [0.15, 0.2) is 54.6 Å². The summed E-state index contributed by atoms with van der Waals surface area (Å²) in [5.41, 5.74) is 1.20. The third-order valence-electron chi connectivity index (χ3n) is 3.26. The predicted molar refractivity (Wildman–Crippen MR) is 90.0 cm³/mol. The molecule has 0 fully saturated rings. The van der Waals surface area contributed by atoms with Crippen molar-refractivity contribution in [2.45, 2.75) is 6.42 Å². The number of benzene rings is 2. The molecule has 0 radical (unpaired) electrons. The van der Waals surface area contributed by atoms with E-state index in [9.17, 15) is 4.79 Å². The first-order valence-corrected chi connectivity index (χ1v) is 7.60. The quantitative estimate of drug-likeness (QED) is 0.736. The molecule has 5 nitrogen and oxygen atoms in total. The standard InChI is InChI=1S/C18H22N2O3/c1-22-16-7-9-17(10-8-16)23-14-13-20-18(21)19-12-11-15-5-3-2-4-6-15/h2-10H,11-14H2,1H3,(H2,19,20,21). The van der Waals surface area contributed by atoms with E-state index in [-0.39, 0.29) is 6.03 Å². The summed E-state index contributed by atoms with van der Waals surface area (Å²) in [4.78, 5) is 11.6. The number of methoxy groups -OCH3 is 1. The van der Waals surface area contributed by atoms with Crippen LogP contribution in [0.3, 0.4) is 0 Å². The molecule has 0 unspecified atom stereocenters. The minimum absolute atomic E-state index is 0.181. The van der Waals surface area contributed by atoms with Crippen LogP contribution in [0.2, 0.25) is 0 Å². The molecule has 2 aromatic rings. The fourth-order valence-corrected chi connectivity index (χ4v) is 2.03. The van der Waals surface area contributed by atoms with Crippen LogP contribution in [0.4, 0.5) is 4.79 Å². The second kappa shape index (κ2) is 9.35. The summed E-state index contributed by atoms with van der Waals surface area (Å²) in [6.07, 6.45) is 0.816. The Labute approximate surface area is 136 Å². The van der Waals surface area contributed by atoms with Gasteiger partial charge < -0.3 is 20.1 Å². The predicted octanol–water partition coefficient (Wildman–Crippen LogP) is 2.62. The molecule has 2 N–H and O–H groups in total. The number of hydrogen-bond donors (Lipinski definition) is 2. The van der Waals surface area contributed by atoms with E-state index in [4.69, 9.17) is 9.47 Å². The maximum atomic E-state index is 11.6. The number of nitrogens with one attached hydrogen (secondary N) is 2. The molecule has 0 aliphatic carbocycles. The van der Waals surface area contributed by atoms with Gasteiger partial charge in [0.25, 0.3) is 0 Å². The molecule has 0 spiro atoms. The Bertz CT molecular complexity index is 585. The highest BCUT2D eigenvalue weighted by atomic mass is 16.5. The van der Waals surface area contributed by atoms with Gasteiger partial charge in [0.2, 0.25) is 0 Å². The zero-order valence-corrected chi connectivity index (χ0v) is 13.2. The van der Waals surface area contributed by atoms with Gasteiger partial charge in [-0.15, -0.1) is 0 Å². The van der Waals surface area contributed by atoms with Gasteiger partial charge in [0.1, 0.15) is 18.1 Å². The number of rotatable bonds is 8. The zero-order chi connectivity index (χ0) is 16.3. The molecule has 2 amide bonds. The van der Waals surface area contributed by atoms with Crippen molar-refractivity contribution in [3.8, 4) is 11.5 Å². The number of amides is 2. The lowest BCUT2D eigenvalue weighted by molar-refractivity contribution is 0.236. The van der Waals surface area contributed by atoms with Gasteiger partial charge in [-0.3, -0.25) is 0 Å². The van der Waals surface area contributed by atoms with Crippen molar-refractivity contribution < 1.29 is 14.3 Å². The third-order valence-corrected chi connectivity index (χ3v) is 3.26. The molecule has 2 aromatic carbocycles. The van der Waals surface area contributed by atoms with E-state index in [2.05, 4.69) is 10.6 Å². The average molecular weight is 314 g/mol. The lowest BCUT2D eigenvalue weighted by Gasteiger charge is -2.09. The van der Waals surface area contributed by atoms with E-state index in [0.717, 1.165) is 17.9 Å². The van der Waals surface area contributed by atoms with Gasteiger partial charge in [-0.1, -0.05) is 30.3 Å². The first-order chi connectivity index (χ1) is 11.3. The van der Waals surface area contributed by atoms with Crippen molar-refractivity contribution in [2.75, 3.05) is 26.8 Å². The Morgan fingerprint density at radius 2 is 1.57 bits per heavy atom. The Hall–Kier alpha value is -2.69. The highest BCUT2D eigenvalue weighted by molar-refractivity contribution is 5.73. The van der Waals surface area contributed by atoms with Crippen molar-refractivity contribution >= 4 is 6.03 Å². The summed E-state index contributed by atoms with van der Waals surface area (Å²) in [7, 11) is 1.62. The van der Waals surface area contributed by atoms with Gasteiger partial charge in [0.05, 0.1) is 13.7 Å². The molecule has 122 valence electrons. The van der Waals surface area contributed by atoms with Crippen LogP contribution in [0.5, 0.6) is 11.5 Å². The molecule has 0 atom stereocenters. The van der Waals surface area contributed by atoms with Gasteiger partial charge in [0, 0.05) is 6.54 Å². The molecule has 2 rings (SSSR count). The lowest BCUT2D eigenvalue weighted by atomic mass is 10.1. The monoisotopic (exact) mass is 314 g/mol. The maximum absolute atomic E-state index is 11.6. The summed E-state index contributed by atoms with van der Waals surface area (Å²) in [5, 5.41) is 5.58. The van der Waals surface area contributed by atoms with Crippen LogP contribution < -0.4 is 20.1 Å². The SMILES string of the molecule is COc1ccc(OCCNC(=O)NCCc2ccccc2)cc1. The maximum Gasteiger partial charge on any atom is 0.314 e. The summed E-state index contributed by atoms with van der Waals surface area (Å²) >= 11 is 0. The molecule has 0 saturated heterocycles. The van der Waals surface area contributed by atoms with Crippen LogP contribution in [-0.2, 0) is 6.42 Å². The Kier molecular flexibility index (Phi) is 6.78. The summed E-state index contributed by atoms with van der Waals surface area (Å²) in [6, 6.07) is 17.2. The normalized spacial score (nSPS) is 9.96. The van der Waals surface area contributed by atoms with Crippen molar-refractivity contribution in [2.24, 2.45) is 0 Å². The van der Waals surface area contributed by atoms with E-state index in [1.54, 1.807) is 7.11 Å². The first kappa shape index (κ1) is 16.7. The molecule has 0 aliphatic heterocycles.